The Morgan fingerprint density at radius 3 is 3.20 bits per heavy atom. The fourth-order valence-electron chi connectivity index (χ4n) is 2.82. The third-order valence-corrected chi connectivity index (χ3v) is 3.99. The van der Waals surface area contributed by atoms with Crippen molar-refractivity contribution in [3.8, 4) is 5.75 Å². The number of ether oxygens (including phenoxy) is 1. The summed E-state index contributed by atoms with van der Waals surface area (Å²) in [6, 6.07) is 6.43. The highest BCUT2D eigenvalue weighted by Gasteiger charge is 2.17. The van der Waals surface area contributed by atoms with Gasteiger partial charge in [0.2, 0.25) is 0 Å². The topological polar surface area (TPSA) is 53.1 Å². The molecule has 0 fully saturated rings. The van der Waals surface area contributed by atoms with E-state index in [9.17, 15) is 0 Å². The summed E-state index contributed by atoms with van der Waals surface area (Å²) in [5, 5.41) is 0. The first kappa shape index (κ1) is 13.2. The van der Waals surface area contributed by atoms with Crippen molar-refractivity contribution in [2.45, 2.75) is 45.4 Å². The van der Waals surface area contributed by atoms with Gasteiger partial charge >= 0.3 is 0 Å². The molecule has 106 valence electrons. The summed E-state index contributed by atoms with van der Waals surface area (Å²) < 4.78 is 7.96. The minimum Gasteiger partial charge on any atom is -0.486 e. The van der Waals surface area contributed by atoms with Gasteiger partial charge in [-0.2, -0.15) is 0 Å². The molecule has 0 saturated heterocycles. The number of fused-ring (bicyclic) bond motifs is 1. The van der Waals surface area contributed by atoms with E-state index in [1.807, 2.05) is 18.5 Å². The van der Waals surface area contributed by atoms with E-state index < -0.39 is 0 Å². The largest absolute Gasteiger partial charge is 0.486 e. The number of nitrogens with zero attached hydrogens (tertiary/aromatic N) is 2. The predicted octanol–water partition coefficient (Wildman–Crippen LogP) is 2.82. The first-order chi connectivity index (χ1) is 9.78. The van der Waals surface area contributed by atoms with Crippen LogP contribution in [0.4, 0.5) is 0 Å². The van der Waals surface area contributed by atoms with Crippen LogP contribution in [0.15, 0.2) is 30.6 Å². The van der Waals surface area contributed by atoms with Gasteiger partial charge in [0, 0.05) is 25.0 Å². The zero-order valence-corrected chi connectivity index (χ0v) is 11.9. The quantitative estimate of drug-likeness (QED) is 0.930. The van der Waals surface area contributed by atoms with Gasteiger partial charge in [-0.3, -0.25) is 0 Å². The van der Waals surface area contributed by atoms with Crippen LogP contribution in [-0.2, 0) is 19.6 Å². The first-order valence-electron chi connectivity index (χ1n) is 7.29. The van der Waals surface area contributed by atoms with Crippen molar-refractivity contribution in [2.24, 2.45) is 5.73 Å². The van der Waals surface area contributed by atoms with E-state index in [1.54, 1.807) is 0 Å². The predicted molar refractivity (Wildman–Crippen MR) is 78.5 cm³/mol. The highest BCUT2D eigenvalue weighted by Crippen LogP contribution is 2.31. The Morgan fingerprint density at radius 1 is 1.45 bits per heavy atom. The van der Waals surface area contributed by atoms with Gasteiger partial charge in [-0.05, 0) is 49.4 Å². The normalized spacial score (nSPS) is 17.8. The monoisotopic (exact) mass is 271 g/mol. The van der Waals surface area contributed by atoms with Crippen molar-refractivity contribution in [3.05, 3.63) is 47.5 Å². The van der Waals surface area contributed by atoms with Crippen LogP contribution >= 0.6 is 0 Å². The lowest BCUT2D eigenvalue weighted by molar-refractivity contribution is 0.289. The van der Waals surface area contributed by atoms with Gasteiger partial charge in [0.05, 0.1) is 0 Å². The molecule has 2 N–H and O–H groups in total. The lowest BCUT2D eigenvalue weighted by atomic mass is 9.88. The fraction of sp³-hybridized carbons (Fsp3) is 0.438. The molecule has 0 bridgehead atoms. The molecule has 0 saturated carbocycles. The van der Waals surface area contributed by atoms with Gasteiger partial charge in [-0.1, -0.05) is 6.07 Å². The van der Waals surface area contributed by atoms with Crippen molar-refractivity contribution in [1.29, 1.82) is 0 Å². The molecular formula is C16H21N3O. The minimum absolute atomic E-state index is 0.153. The molecule has 1 heterocycles. The molecule has 1 aromatic heterocycles. The average molecular weight is 271 g/mol. The summed E-state index contributed by atoms with van der Waals surface area (Å²) in [6.07, 6.45) is 7.16. The average Bonchev–Trinajstić information content (AvgIpc) is 2.93. The van der Waals surface area contributed by atoms with Crippen LogP contribution in [-0.4, -0.2) is 9.55 Å². The van der Waals surface area contributed by atoms with Crippen LogP contribution < -0.4 is 10.5 Å². The van der Waals surface area contributed by atoms with Crippen LogP contribution in [0.2, 0.25) is 0 Å². The SMILES string of the molecule is CCn1ccnc1COc1ccc2c(c1)[C@H](N)CCC2. The molecule has 0 aliphatic heterocycles. The molecule has 1 atom stereocenters. The third kappa shape index (κ3) is 2.56. The van der Waals surface area contributed by atoms with Crippen molar-refractivity contribution < 1.29 is 4.74 Å². The zero-order chi connectivity index (χ0) is 13.9. The van der Waals surface area contributed by atoms with Crippen molar-refractivity contribution in [2.75, 3.05) is 0 Å². The van der Waals surface area contributed by atoms with E-state index in [0.717, 1.165) is 31.0 Å². The van der Waals surface area contributed by atoms with Crippen molar-refractivity contribution in [1.82, 2.24) is 9.55 Å². The molecule has 1 aromatic carbocycles. The molecule has 0 radical (unpaired) electrons. The Labute approximate surface area is 119 Å². The second kappa shape index (κ2) is 5.67. The second-order valence-corrected chi connectivity index (χ2v) is 5.28. The Kier molecular flexibility index (Phi) is 3.74. The van der Waals surface area contributed by atoms with Crippen LogP contribution in [0.5, 0.6) is 5.75 Å². The second-order valence-electron chi connectivity index (χ2n) is 5.28. The summed E-state index contributed by atoms with van der Waals surface area (Å²) in [6.45, 7) is 3.51. The Bertz CT molecular complexity index is 591. The van der Waals surface area contributed by atoms with Gasteiger partial charge in [0.25, 0.3) is 0 Å². The smallest absolute Gasteiger partial charge is 0.146 e. The number of aryl methyl sites for hydroxylation is 2. The van der Waals surface area contributed by atoms with Crippen LogP contribution in [0.3, 0.4) is 0 Å². The fourth-order valence-corrected chi connectivity index (χ4v) is 2.82. The number of benzene rings is 1. The number of rotatable bonds is 4. The molecule has 20 heavy (non-hydrogen) atoms. The molecule has 2 aromatic rings. The van der Waals surface area contributed by atoms with Crippen LogP contribution in [0, 0.1) is 0 Å². The summed E-state index contributed by atoms with van der Waals surface area (Å²) >= 11 is 0. The number of aromatic nitrogens is 2. The van der Waals surface area contributed by atoms with Crippen LogP contribution in [0.1, 0.15) is 42.8 Å². The number of hydrogen-bond acceptors (Lipinski definition) is 3. The molecule has 3 rings (SSSR count). The highest BCUT2D eigenvalue weighted by atomic mass is 16.5. The third-order valence-electron chi connectivity index (χ3n) is 3.99. The molecule has 4 nitrogen and oxygen atoms in total. The van der Waals surface area contributed by atoms with Gasteiger partial charge in [-0.25, -0.2) is 4.98 Å². The van der Waals surface area contributed by atoms with E-state index in [0.29, 0.717) is 6.61 Å². The van der Waals surface area contributed by atoms with E-state index in [1.165, 1.54) is 17.5 Å². The number of imidazole rings is 1. The molecule has 1 aliphatic carbocycles. The molecule has 4 heteroatoms. The number of hydrogen-bond donors (Lipinski definition) is 1. The molecule has 1 aliphatic rings. The summed E-state index contributed by atoms with van der Waals surface area (Å²) in [4.78, 5) is 4.32. The Morgan fingerprint density at radius 2 is 2.35 bits per heavy atom. The Balaban J connectivity index is 1.73. The molecule has 0 unspecified atom stereocenters. The minimum atomic E-state index is 0.153. The highest BCUT2D eigenvalue weighted by molar-refractivity contribution is 5.39. The van der Waals surface area contributed by atoms with Crippen molar-refractivity contribution >= 4 is 0 Å². The van der Waals surface area contributed by atoms with E-state index in [2.05, 4.69) is 28.6 Å². The van der Waals surface area contributed by atoms with Gasteiger partial charge in [0.1, 0.15) is 18.2 Å². The van der Waals surface area contributed by atoms with E-state index >= 15 is 0 Å². The maximum Gasteiger partial charge on any atom is 0.146 e. The van der Waals surface area contributed by atoms with Crippen molar-refractivity contribution in [3.63, 3.8) is 0 Å². The molecular weight excluding hydrogens is 250 g/mol. The van der Waals surface area contributed by atoms with Gasteiger partial charge in [0.15, 0.2) is 0 Å². The molecule has 0 amide bonds. The molecule has 0 spiro atoms. The summed E-state index contributed by atoms with van der Waals surface area (Å²) in [7, 11) is 0. The van der Waals surface area contributed by atoms with E-state index in [-0.39, 0.29) is 6.04 Å². The van der Waals surface area contributed by atoms with Crippen LogP contribution in [0.25, 0.3) is 0 Å². The van der Waals surface area contributed by atoms with E-state index in [4.69, 9.17) is 10.5 Å². The lowest BCUT2D eigenvalue weighted by Crippen LogP contribution is -2.17. The summed E-state index contributed by atoms with van der Waals surface area (Å²) in [5.74, 6) is 1.83. The maximum absolute atomic E-state index is 6.18. The summed E-state index contributed by atoms with van der Waals surface area (Å²) in [5.41, 5.74) is 8.79. The number of nitrogens with two attached hydrogens (primary N) is 1. The Hall–Kier alpha value is -1.81. The zero-order valence-electron chi connectivity index (χ0n) is 11.9. The lowest BCUT2D eigenvalue weighted by Gasteiger charge is -2.22. The van der Waals surface area contributed by atoms with Gasteiger partial charge in [-0.15, -0.1) is 0 Å². The van der Waals surface area contributed by atoms with Gasteiger partial charge < -0.3 is 15.0 Å². The first-order valence-corrected chi connectivity index (χ1v) is 7.29. The maximum atomic E-state index is 6.18. The standard InChI is InChI=1S/C16H21N3O/c1-2-19-9-8-18-16(19)11-20-13-7-6-12-4-3-5-15(17)14(12)10-13/h6-10,15H,2-5,11,17H2,1H3/t15-/m1/s1.